The maximum Gasteiger partial charge on any atom is 0.143 e. The smallest absolute Gasteiger partial charge is 0.143 e. The largest absolute Gasteiger partial charge is 0.313 e. The van der Waals surface area contributed by atoms with Gasteiger partial charge in [0.2, 0.25) is 0 Å². The Labute approximate surface area is 121 Å². The minimum Gasteiger partial charge on any atom is -0.313 e. The lowest BCUT2D eigenvalue weighted by Gasteiger charge is -2.09. The van der Waals surface area contributed by atoms with Crippen molar-refractivity contribution in [2.45, 2.75) is 18.9 Å². The van der Waals surface area contributed by atoms with Gasteiger partial charge in [-0.25, -0.2) is 4.98 Å². The Morgan fingerprint density at radius 2 is 2.37 bits per heavy atom. The standard InChI is InChI=1S/C13H16N4S2/c1(3-15-10-2-6-18-8-10)11-9-19-13(17-11)12-7-14-4-5-16-12/h4-5,7,9-10,15H,1-3,6,8H2. The normalized spacial score (nSPS) is 18.8. The van der Waals surface area contributed by atoms with Gasteiger partial charge in [0.25, 0.3) is 0 Å². The third-order valence-electron chi connectivity index (χ3n) is 3.08. The highest BCUT2D eigenvalue weighted by atomic mass is 32.2. The van der Waals surface area contributed by atoms with Crippen LogP contribution in [0.25, 0.3) is 10.7 Å². The lowest BCUT2D eigenvalue weighted by Crippen LogP contribution is -2.30. The van der Waals surface area contributed by atoms with E-state index in [-0.39, 0.29) is 0 Å². The van der Waals surface area contributed by atoms with E-state index in [4.69, 9.17) is 0 Å². The van der Waals surface area contributed by atoms with Crippen molar-refractivity contribution in [3.63, 3.8) is 0 Å². The van der Waals surface area contributed by atoms with E-state index in [9.17, 15) is 0 Å². The van der Waals surface area contributed by atoms with Crippen LogP contribution < -0.4 is 5.32 Å². The van der Waals surface area contributed by atoms with Crippen LogP contribution in [0.1, 0.15) is 12.1 Å². The Morgan fingerprint density at radius 1 is 1.37 bits per heavy atom. The van der Waals surface area contributed by atoms with Gasteiger partial charge >= 0.3 is 0 Å². The van der Waals surface area contributed by atoms with Crippen LogP contribution in [-0.2, 0) is 6.42 Å². The average Bonchev–Trinajstić information content (AvgIpc) is 3.11. The fourth-order valence-electron chi connectivity index (χ4n) is 2.05. The van der Waals surface area contributed by atoms with E-state index in [1.807, 2.05) is 11.8 Å². The second-order valence-corrected chi connectivity index (χ2v) is 6.51. The molecular weight excluding hydrogens is 276 g/mol. The molecule has 1 unspecified atom stereocenters. The highest BCUT2D eigenvalue weighted by Gasteiger charge is 2.14. The molecule has 1 aliphatic heterocycles. The molecule has 2 aromatic heterocycles. The molecule has 0 bridgehead atoms. The zero-order valence-corrected chi connectivity index (χ0v) is 12.2. The van der Waals surface area contributed by atoms with Crippen molar-refractivity contribution in [3.05, 3.63) is 29.7 Å². The fourth-order valence-corrected chi connectivity index (χ4v) is 4.05. The molecule has 0 radical (unpaired) electrons. The fraction of sp³-hybridized carbons (Fsp3) is 0.462. The Hall–Kier alpha value is -0.980. The number of thiazole rings is 1. The first-order chi connectivity index (χ1) is 9.42. The van der Waals surface area contributed by atoms with Crippen LogP contribution in [0, 0.1) is 0 Å². The van der Waals surface area contributed by atoms with Crippen LogP contribution in [0.3, 0.4) is 0 Å². The number of nitrogens with zero attached hydrogens (tertiary/aromatic N) is 3. The summed E-state index contributed by atoms with van der Waals surface area (Å²) in [7, 11) is 0. The summed E-state index contributed by atoms with van der Waals surface area (Å²) in [5, 5.41) is 6.67. The van der Waals surface area contributed by atoms with Gasteiger partial charge in [-0.3, -0.25) is 9.97 Å². The molecule has 6 heteroatoms. The van der Waals surface area contributed by atoms with Gasteiger partial charge in [0.15, 0.2) is 0 Å². The van der Waals surface area contributed by atoms with Gasteiger partial charge in [0, 0.05) is 42.5 Å². The summed E-state index contributed by atoms with van der Waals surface area (Å²) < 4.78 is 0. The Balaban J connectivity index is 1.53. The van der Waals surface area contributed by atoms with E-state index in [2.05, 4.69) is 25.6 Å². The molecule has 0 amide bonds. The molecule has 0 spiro atoms. The van der Waals surface area contributed by atoms with Crippen LogP contribution in [0.2, 0.25) is 0 Å². The third-order valence-corrected chi connectivity index (χ3v) is 5.15. The SMILES string of the molecule is c1cnc(-c2nc(CCNC3CCSC3)cs2)cn1. The van der Waals surface area contributed by atoms with Gasteiger partial charge in [-0.2, -0.15) is 11.8 Å². The number of nitrogens with one attached hydrogen (secondary N) is 1. The third kappa shape index (κ3) is 3.52. The van der Waals surface area contributed by atoms with Crippen molar-refractivity contribution in [2.24, 2.45) is 0 Å². The molecule has 4 nitrogen and oxygen atoms in total. The van der Waals surface area contributed by atoms with Gasteiger partial charge in [-0.1, -0.05) is 0 Å². The van der Waals surface area contributed by atoms with E-state index in [0.29, 0.717) is 6.04 Å². The molecule has 19 heavy (non-hydrogen) atoms. The molecule has 3 rings (SSSR count). The van der Waals surface area contributed by atoms with Gasteiger partial charge in [-0.05, 0) is 12.2 Å². The van der Waals surface area contributed by atoms with E-state index in [1.54, 1.807) is 29.9 Å². The molecule has 0 saturated carbocycles. The zero-order valence-electron chi connectivity index (χ0n) is 10.6. The summed E-state index contributed by atoms with van der Waals surface area (Å²) in [5.74, 6) is 2.55. The highest BCUT2D eigenvalue weighted by molar-refractivity contribution is 7.99. The Bertz CT molecular complexity index is 508. The van der Waals surface area contributed by atoms with Gasteiger partial charge in [-0.15, -0.1) is 11.3 Å². The number of hydrogen-bond donors (Lipinski definition) is 1. The van der Waals surface area contributed by atoms with Gasteiger partial charge in [0.05, 0.1) is 11.9 Å². The number of rotatable bonds is 5. The first-order valence-electron chi connectivity index (χ1n) is 6.44. The predicted octanol–water partition coefficient (Wildman–Crippen LogP) is 2.24. The topological polar surface area (TPSA) is 50.7 Å². The summed E-state index contributed by atoms with van der Waals surface area (Å²) >= 11 is 3.68. The lowest BCUT2D eigenvalue weighted by molar-refractivity contribution is 0.558. The van der Waals surface area contributed by atoms with E-state index < -0.39 is 0 Å². The summed E-state index contributed by atoms with van der Waals surface area (Å²) in [6.07, 6.45) is 7.43. The highest BCUT2D eigenvalue weighted by Crippen LogP contribution is 2.21. The van der Waals surface area contributed by atoms with Crippen molar-refractivity contribution in [2.75, 3.05) is 18.1 Å². The van der Waals surface area contributed by atoms with Crippen LogP contribution >= 0.6 is 23.1 Å². The Kier molecular flexibility index (Phi) is 4.42. The van der Waals surface area contributed by atoms with Crippen LogP contribution in [0.5, 0.6) is 0 Å². The average molecular weight is 292 g/mol. The summed E-state index contributed by atoms with van der Waals surface area (Å²) in [6, 6.07) is 0.697. The molecule has 0 aromatic carbocycles. The van der Waals surface area contributed by atoms with E-state index in [0.717, 1.165) is 29.4 Å². The molecule has 1 aliphatic rings. The van der Waals surface area contributed by atoms with Gasteiger partial charge in [0.1, 0.15) is 10.7 Å². The second-order valence-electron chi connectivity index (χ2n) is 4.50. The van der Waals surface area contributed by atoms with Crippen LogP contribution in [-0.4, -0.2) is 39.0 Å². The van der Waals surface area contributed by atoms with Crippen LogP contribution in [0.4, 0.5) is 0 Å². The number of thioether (sulfide) groups is 1. The molecule has 1 N–H and O–H groups in total. The first-order valence-corrected chi connectivity index (χ1v) is 8.47. The molecule has 2 aromatic rings. The van der Waals surface area contributed by atoms with E-state index in [1.165, 1.54) is 17.9 Å². The van der Waals surface area contributed by atoms with Crippen molar-refractivity contribution >= 4 is 23.1 Å². The molecule has 1 fully saturated rings. The summed E-state index contributed by atoms with van der Waals surface area (Å²) in [5.41, 5.74) is 2.00. The summed E-state index contributed by atoms with van der Waals surface area (Å²) in [6.45, 7) is 1.01. The van der Waals surface area contributed by atoms with Gasteiger partial charge < -0.3 is 5.32 Å². The monoisotopic (exact) mass is 292 g/mol. The molecule has 3 heterocycles. The molecule has 1 saturated heterocycles. The maximum absolute atomic E-state index is 4.62. The minimum atomic E-state index is 0.697. The van der Waals surface area contributed by atoms with Crippen LogP contribution in [0.15, 0.2) is 24.0 Å². The predicted molar refractivity (Wildman–Crippen MR) is 80.6 cm³/mol. The minimum absolute atomic E-state index is 0.697. The molecule has 1 atom stereocenters. The lowest BCUT2D eigenvalue weighted by atomic mass is 10.2. The Morgan fingerprint density at radius 3 is 3.16 bits per heavy atom. The summed E-state index contributed by atoms with van der Waals surface area (Å²) in [4.78, 5) is 13.0. The molecular formula is C13H16N4S2. The van der Waals surface area contributed by atoms with Crippen molar-refractivity contribution in [3.8, 4) is 10.7 Å². The maximum atomic E-state index is 4.62. The first kappa shape index (κ1) is 13.0. The zero-order chi connectivity index (χ0) is 12.9. The quantitative estimate of drug-likeness (QED) is 0.916. The van der Waals surface area contributed by atoms with E-state index >= 15 is 0 Å². The molecule has 100 valence electrons. The molecule has 0 aliphatic carbocycles. The number of aromatic nitrogens is 3. The van der Waals surface area contributed by atoms with Crippen molar-refractivity contribution < 1.29 is 0 Å². The second kappa shape index (κ2) is 6.45. The van der Waals surface area contributed by atoms with Crippen molar-refractivity contribution in [1.82, 2.24) is 20.3 Å². The number of hydrogen-bond acceptors (Lipinski definition) is 6. The van der Waals surface area contributed by atoms with Crippen molar-refractivity contribution in [1.29, 1.82) is 0 Å².